The molecule has 0 aromatic heterocycles. The zero-order valence-corrected chi connectivity index (χ0v) is 9.76. The molecule has 2 saturated heterocycles. The van der Waals surface area contributed by atoms with Crippen LogP contribution in [-0.2, 0) is 23.7 Å². The highest BCUT2D eigenvalue weighted by Gasteiger charge is 2.58. The van der Waals surface area contributed by atoms with Gasteiger partial charge < -0.3 is 23.7 Å². The molecule has 2 heterocycles. The van der Waals surface area contributed by atoms with Gasteiger partial charge in [-0.15, -0.1) is 0 Å². The Bertz CT molecular complexity index is 289. The van der Waals surface area contributed by atoms with Crippen LogP contribution in [0.15, 0.2) is 0 Å². The lowest BCUT2D eigenvalue weighted by molar-refractivity contribution is -0.299. The van der Waals surface area contributed by atoms with E-state index < -0.39 is 30.3 Å². The molecule has 0 aliphatic carbocycles. The van der Waals surface area contributed by atoms with Gasteiger partial charge in [-0.1, -0.05) is 0 Å². The summed E-state index contributed by atoms with van der Waals surface area (Å²) in [5.41, 5.74) is -0.607. The smallest absolute Gasteiger partial charge is 0.424 e. The Labute approximate surface area is 93.7 Å². The van der Waals surface area contributed by atoms with Crippen LogP contribution in [0.4, 0.5) is 4.79 Å². The summed E-state index contributed by atoms with van der Waals surface area (Å²) in [5.74, 6) is 0. The van der Waals surface area contributed by atoms with E-state index in [1.807, 2.05) is 13.8 Å². The SMILES string of the molecule is COC1OC(C)(C)[C@H](OC)C2OC(=O)OC12. The summed E-state index contributed by atoms with van der Waals surface area (Å²) >= 11 is 0. The van der Waals surface area contributed by atoms with Gasteiger partial charge in [-0.2, -0.15) is 0 Å². The number of hydrogen-bond acceptors (Lipinski definition) is 6. The highest BCUT2D eigenvalue weighted by molar-refractivity contribution is 5.63. The first kappa shape index (κ1) is 11.6. The van der Waals surface area contributed by atoms with E-state index in [-0.39, 0.29) is 6.10 Å². The van der Waals surface area contributed by atoms with Crippen molar-refractivity contribution in [3.8, 4) is 0 Å². The molecule has 4 atom stereocenters. The Morgan fingerprint density at radius 2 is 1.75 bits per heavy atom. The molecule has 16 heavy (non-hydrogen) atoms. The highest BCUT2D eigenvalue weighted by Crippen LogP contribution is 2.37. The summed E-state index contributed by atoms with van der Waals surface area (Å²) in [6.45, 7) is 3.71. The maximum Gasteiger partial charge on any atom is 0.509 e. The molecule has 0 spiro atoms. The number of ether oxygens (including phenoxy) is 5. The molecular formula is C10H16O6. The number of fused-ring (bicyclic) bond motifs is 1. The van der Waals surface area contributed by atoms with Gasteiger partial charge in [0.2, 0.25) is 0 Å². The van der Waals surface area contributed by atoms with Gasteiger partial charge in [-0.05, 0) is 13.8 Å². The van der Waals surface area contributed by atoms with E-state index in [0.717, 1.165) is 0 Å². The molecule has 0 N–H and O–H groups in total. The van der Waals surface area contributed by atoms with Crippen LogP contribution in [0.3, 0.4) is 0 Å². The predicted molar refractivity (Wildman–Crippen MR) is 51.9 cm³/mol. The van der Waals surface area contributed by atoms with Crippen LogP contribution in [0, 0.1) is 0 Å². The van der Waals surface area contributed by atoms with E-state index in [2.05, 4.69) is 0 Å². The van der Waals surface area contributed by atoms with Gasteiger partial charge in [-0.25, -0.2) is 4.79 Å². The monoisotopic (exact) mass is 232 g/mol. The van der Waals surface area contributed by atoms with E-state index >= 15 is 0 Å². The third kappa shape index (κ3) is 1.66. The fraction of sp³-hybridized carbons (Fsp3) is 0.900. The molecule has 0 aromatic rings. The van der Waals surface area contributed by atoms with Crippen molar-refractivity contribution in [2.75, 3.05) is 14.2 Å². The Hall–Kier alpha value is -0.850. The molecule has 2 fully saturated rings. The van der Waals surface area contributed by atoms with Crippen molar-refractivity contribution in [3.63, 3.8) is 0 Å². The first-order chi connectivity index (χ1) is 7.49. The number of methoxy groups -OCH3 is 2. The van der Waals surface area contributed by atoms with E-state index in [4.69, 9.17) is 23.7 Å². The second-order valence-electron chi connectivity index (χ2n) is 4.40. The molecule has 0 saturated carbocycles. The minimum Gasteiger partial charge on any atom is -0.424 e. The van der Waals surface area contributed by atoms with Crippen molar-refractivity contribution in [3.05, 3.63) is 0 Å². The highest BCUT2D eigenvalue weighted by atomic mass is 16.8. The van der Waals surface area contributed by atoms with Gasteiger partial charge in [0.25, 0.3) is 0 Å². The van der Waals surface area contributed by atoms with Gasteiger partial charge in [0, 0.05) is 14.2 Å². The van der Waals surface area contributed by atoms with Crippen molar-refractivity contribution in [2.45, 2.75) is 44.1 Å². The van der Waals surface area contributed by atoms with Gasteiger partial charge in [0.05, 0.1) is 5.60 Å². The molecular weight excluding hydrogens is 216 g/mol. The molecule has 2 rings (SSSR count). The molecule has 0 aromatic carbocycles. The molecule has 2 aliphatic rings. The first-order valence-electron chi connectivity index (χ1n) is 5.10. The molecule has 0 radical (unpaired) electrons. The summed E-state index contributed by atoms with van der Waals surface area (Å²) in [6, 6.07) is 0. The molecule has 0 amide bonds. The lowest BCUT2D eigenvalue weighted by atomic mass is 9.90. The van der Waals surface area contributed by atoms with Crippen molar-refractivity contribution < 1.29 is 28.5 Å². The quantitative estimate of drug-likeness (QED) is 0.652. The third-order valence-electron chi connectivity index (χ3n) is 2.95. The zero-order chi connectivity index (χ0) is 11.9. The van der Waals surface area contributed by atoms with E-state index in [1.165, 1.54) is 7.11 Å². The van der Waals surface area contributed by atoms with Crippen molar-refractivity contribution in [1.29, 1.82) is 0 Å². The van der Waals surface area contributed by atoms with Crippen LogP contribution >= 0.6 is 0 Å². The van der Waals surface area contributed by atoms with Gasteiger partial charge in [0.1, 0.15) is 6.10 Å². The van der Waals surface area contributed by atoms with Gasteiger partial charge in [-0.3, -0.25) is 0 Å². The Morgan fingerprint density at radius 1 is 1.12 bits per heavy atom. The van der Waals surface area contributed by atoms with Crippen LogP contribution in [0.1, 0.15) is 13.8 Å². The lowest BCUT2D eigenvalue weighted by Gasteiger charge is -2.44. The van der Waals surface area contributed by atoms with E-state index in [9.17, 15) is 4.79 Å². The predicted octanol–water partition coefficient (Wildman–Crippen LogP) is 0.687. The normalized spacial score (nSPS) is 41.1. The van der Waals surface area contributed by atoms with Gasteiger partial charge in [0.15, 0.2) is 18.5 Å². The van der Waals surface area contributed by atoms with Gasteiger partial charge >= 0.3 is 6.16 Å². The topological polar surface area (TPSA) is 63.2 Å². The molecule has 2 aliphatic heterocycles. The van der Waals surface area contributed by atoms with Crippen LogP contribution in [0.25, 0.3) is 0 Å². The molecule has 6 nitrogen and oxygen atoms in total. The minimum atomic E-state index is -0.708. The van der Waals surface area contributed by atoms with Crippen molar-refractivity contribution in [2.24, 2.45) is 0 Å². The second kappa shape index (κ2) is 3.87. The summed E-state index contributed by atoms with van der Waals surface area (Å²) < 4.78 is 26.2. The first-order valence-corrected chi connectivity index (χ1v) is 5.10. The minimum absolute atomic E-state index is 0.379. The van der Waals surface area contributed by atoms with Crippen LogP contribution in [0.2, 0.25) is 0 Å². The van der Waals surface area contributed by atoms with Crippen molar-refractivity contribution >= 4 is 6.16 Å². The summed E-state index contributed by atoms with van der Waals surface area (Å²) in [7, 11) is 3.04. The van der Waals surface area contributed by atoms with E-state index in [1.54, 1.807) is 7.11 Å². The molecule has 0 bridgehead atoms. The van der Waals surface area contributed by atoms with Crippen LogP contribution < -0.4 is 0 Å². The Morgan fingerprint density at radius 3 is 2.31 bits per heavy atom. The maximum atomic E-state index is 11.1. The number of hydrogen-bond donors (Lipinski definition) is 0. The molecule has 3 unspecified atom stereocenters. The van der Waals surface area contributed by atoms with Crippen molar-refractivity contribution in [1.82, 2.24) is 0 Å². The maximum absolute atomic E-state index is 11.1. The largest absolute Gasteiger partial charge is 0.509 e. The third-order valence-corrected chi connectivity index (χ3v) is 2.95. The Kier molecular flexibility index (Phi) is 2.81. The fourth-order valence-electron chi connectivity index (χ4n) is 2.26. The average molecular weight is 232 g/mol. The van der Waals surface area contributed by atoms with Crippen LogP contribution in [-0.4, -0.2) is 50.6 Å². The fourth-order valence-corrected chi connectivity index (χ4v) is 2.26. The lowest BCUT2D eigenvalue weighted by Crippen LogP contribution is -2.61. The number of carbonyl (C=O) groups is 1. The zero-order valence-electron chi connectivity index (χ0n) is 9.76. The second-order valence-corrected chi connectivity index (χ2v) is 4.40. The van der Waals surface area contributed by atoms with Crippen LogP contribution in [0.5, 0.6) is 0 Å². The van der Waals surface area contributed by atoms with E-state index in [0.29, 0.717) is 0 Å². The summed E-state index contributed by atoms with van der Waals surface area (Å²) in [6.07, 6.45) is -2.78. The molecule has 92 valence electrons. The molecule has 6 heteroatoms. The number of rotatable bonds is 2. The summed E-state index contributed by atoms with van der Waals surface area (Å²) in [4.78, 5) is 11.1. The average Bonchev–Trinajstić information content (AvgIpc) is 2.57. The standard InChI is InChI=1S/C10H16O6/c1-10(2)7(12-3)5-6(8(13-4)16-10)15-9(11)14-5/h5-8H,1-4H3/t5?,6?,7-,8?/m1/s1. The Balaban J connectivity index is 2.26. The number of carbonyl (C=O) groups excluding carboxylic acids is 1. The summed E-state index contributed by atoms with van der Waals surface area (Å²) in [5, 5.41) is 0.